The standard InChI is InChI=1S/C18H21ClN2O2/c1-13(15-5-2-6-16(19)12-15)21-18(23)20-11-3-4-14-7-9-17(22)10-8-14/h2,5-10,12-13,22H,3-4,11H2,1H3,(H2,20,21,23). The zero-order chi connectivity index (χ0) is 16.7. The van der Waals surface area contributed by atoms with Crippen LogP contribution >= 0.6 is 11.6 Å². The summed E-state index contributed by atoms with van der Waals surface area (Å²) >= 11 is 5.95. The highest BCUT2D eigenvalue weighted by molar-refractivity contribution is 6.30. The van der Waals surface area contributed by atoms with Crippen LogP contribution in [0.4, 0.5) is 4.79 Å². The molecule has 3 N–H and O–H groups in total. The van der Waals surface area contributed by atoms with E-state index in [-0.39, 0.29) is 17.8 Å². The van der Waals surface area contributed by atoms with Crippen molar-refractivity contribution in [1.82, 2.24) is 10.6 Å². The molecule has 0 saturated heterocycles. The Morgan fingerprint density at radius 1 is 1.22 bits per heavy atom. The number of carbonyl (C=O) groups excluding carboxylic acids is 1. The molecule has 23 heavy (non-hydrogen) atoms. The number of nitrogens with one attached hydrogen (secondary N) is 2. The van der Waals surface area contributed by atoms with Gasteiger partial charge in [-0.25, -0.2) is 4.79 Å². The number of amides is 2. The number of rotatable bonds is 6. The van der Waals surface area contributed by atoms with E-state index in [4.69, 9.17) is 11.6 Å². The molecule has 2 amide bonds. The van der Waals surface area contributed by atoms with Gasteiger partial charge in [0.2, 0.25) is 0 Å². The van der Waals surface area contributed by atoms with Crippen molar-refractivity contribution in [2.24, 2.45) is 0 Å². The van der Waals surface area contributed by atoms with Crippen molar-refractivity contribution in [1.29, 1.82) is 0 Å². The quantitative estimate of drug-likeness (QED) is 0.699. The number of benzene rings is 2. The average Bonchev–Trinajstić information content (AvgIpc) is 2.53. The number of aryl methyl sites for hydroxylation is 1. The Kier molecular flexibility index (Phi) is 6.29. The van der Waals surface area contributed by atoms with Crippen molar-refractivity contribution in [2.75, 3.05) is 6.54 Å². The summed E-state index contributed by atoms with van der Waals surface area (Å²) in [4.78, 5) is 11.9. The maximum atomic E-state index is 11.9. The molecule has 0 heterocycles. The summed E-state index contributed by atoms with van der Waals surface area (Å²) in [6.07, 6.45) is 1.69. The van der Waals surface area contributed by atoms with Gasteiger partial charge in [0.05, 0.1) is 6.04 Å². The van der Waals surface area contributed by atoms with Crippen molar-refractivity contribution in [3.63, 3.8) is 0 Å². The predicted octanol–water partition coefficient (Wildman–Crippen LogP) is 4.04. The molecule has 2 aromatic carbocycles. The number of hydrogen-bond acceptors (Lipinski definition) is 2. The van der Waals surface area contributed by atoms with Gasteiger partial charge in [-0.15, -0.1) is 0 Å². The first-order valence-electron chi connectivity index (χ1n) is 7.62. The van der Waals surface area contributed by atoms with Crippen LogP contribution in [0.25, 0.3) is 0 Å². The van der Waals surface area contributed by atoms with Gasteiger partial charge in [0.1, 0.15) is 5.75 Å². The molecule has 0 radical (unpaired) electrons. The van der Waals surface area contributed by atoms with E-state index in [0.29, 0.717) is 11.6 Å². The van der Waals surface area contributed by atoms with Crippen LogP contribution in [0.1, 0.15) is 30.5 Å². The zero-order valence-electron chi connectivity index (χ0n) is 13.1. The minimum Gasteiger partial charge on any atom is -0.508 e. The molecule has 0 aromatic heterocycles. The zero-order valence-corrected chi connectivity index (χ0v) is 13.8. The first kappa shape index (κ1) is 17.2. The molecular weight excluding hydrogens is 312 g/mol. The Morgan fingerprint density at radius 2 is 1.96 bits per heavy atom. The molecule has 0 bridgehead atoms. The Morgan fingerprint density at radius 3 is 2.65 bits per heavy atom. The van der Waals surface area contributed by atoms with Crippen molar-refractivity contribution < 1.29 is 9.90 Å². The second-order valence-electron chi connectivity index (χ2n) is 5.45. The summed E-state index contributed by atoms with van der Waals surface area (Å²) in [5.41, 5.74) is 2.11. The molecule has 5 heteroatoms. The van der Waals surface area contributed by atoms with Gasteiger partial charge in [-0.3, -0.25) is 0 Å². The summed E-state index contributed by atoms with van der Waals surface area (Å²) in [6.45, 7) is 2.51. The molecule has 2 rings (SSSR count). The molecule has 122 valence electrons. The van der Waals surface area contributed by atoms with E-state index in [0.717, 1.165) is 24.0 Å². The van der Waals surface area contributed by atoms with Gasteiger partial charge >= 0.3 is 6.03 Å². The van der Waals surface area contributed by atoms with Gasteiger partial charge in [-0.05, 0) is 55.2 Å². The second kappa shape index (κ2) is 8.44. The Balaban J connectivity index is 1.69. The summed E-state index contributed by atoms with van der Waals surface area (Å²) in [5.74, 6) is 0.265. The number of urea groups is 1. The fraction of sp³-hybridized carbons (Fsp3) is 0.278. The summed E-state index contributed by atoms with van der Waals surface area (Å²) in [5, 5.41) is 15.6. The van der Waals surface area contributed by atoms with Crippen LogP contribution in [0.3, 0.4) is 0 Å². The molecular formula is C18H21ClN2O2. The van der Waals surface area contributed by atoms with E-state index in [1.165, 1.54) is 0 Å². The van der Waals surface area contributed by atoms with Gasteiger partial charge in [-0.1, -0.05) is 35.9 Å². The predicted molar refractivity (Wildman–Crippen MR) is 92.8 cm³/mol. The molecule has 0 aliphatic rings. The third-order valence-corrected chi connectivity index (χ3v) is 3.80. The number of hydrogen-bond donors (Lipinski definition) is 3. The Labute approximate surface area is 141 Å². The first-order chi connectivity index (χ1) is 11.0. The largest absolute Gasteiger partial charge is 0.508 e. The minimum atomic E-state index is -0.191. The smallest absolute Gasteiger partial charge is 0.315 e. The first-order valence-corrected chi connectivity index (χ1v) is 8.00. The maximum Gasteiger partial charge on any atom is 0.315 e. The van der Waals surface area contributed by atoms with E-state index in [9.17, 15) is 9.90 Å². The highest BCUT2D eigenvalue weighted by Crippen LogP contribution is 2.17. The number of halogens is 1. The highest BCUT2D eigenvalue weighted by atomic mass is 35.5. The Bertz CT molecular complexity index is 644. The molecule has 1 atom stereocenters. The molecule has 0 saturated carbocycles. The van der Waals surface area contributed by atoms with Gasteiger partial charge in [-0.2, -0.15) is 0 Å². The molecule has 2 aromatic rings. The van der Waals surface area contributed by atoms with Gasteiger partial charge in [0, 0.05) is 11.6 Å². The number of phenolic OH excluding ortho intramolecular Hbond substituents is 1. The van der Waals surface area contributed by atoms with Crippen LogP contribution < -0.4 is 10.6 Å². The van der Waals surface area contributed by atoms with E-state index >= 15 is 0 Å². The highest BCUT2D eigenvalue weighted by Gasteiger charge is 2.09. The van der Waals surface area contributed by atoms with Crippen LogP contribution in [0.15, 0.2) is 48.5 Å². The van der Waals surface area contributed by atoms with Crippen molar-refractivity contribution in [2.45, 2.75) is 25.8 Å². The van der Waals surface area contributed by atoms with Gasteiger partial charge in [0.15, 0.2) is 0 Å². The van der Waals surface area contributed by atoms with Crippen LogP contribution in [0, 0.1) is 0 Å². The van der Waals surface area contributed by atoms with Crippen LogP contribution in [-0.2, 0) is 6.42 Å². The normalized spacial score (nSPS) is 11.7. The number of aromatic hydroxyl groups is 1. The molecule has 4 nitrogen and oxygen atoms in total. The average molecular weight is 333 g/mol. The fourth-order valence-corrected chi connectivity index (χ4v) is 2.46. The topological polar surface area (TPSA) is 61.4 Å². The SMILES string of the molecule is CC(NC(=O)NCCCc1ccc(O)cc1)c1cccc(Cl)c1. The third-order valence-electron chi connectivity index (χ3n) is 3.56. The monoisotopic (exact) mass is 332 g/mol. The van der Waals surface area contributed by atoms with Crippen LogP contribution in [0.2, 0.25) is 5.02 Å². The second-order valence-corrected chi connectivity index (χ2v) is 5.88. The molecule has 0 fully saturated rings. The van der Waals surface area contributed by atoms with Crippen LogP contribution in [-0.4, -0.2) is 17.7 Å². The molecule has 1 unspecified atom stereocenters. The molecule has 0 aliphatic carbocycles. The fourth-order valence-electron chi connectivity index (χ4n) is 2.26. The van der Waals surface area contributed by atoms with Crippen molar-refractivity contribution in [3.8, 4) is 5.75 Å². The van der Waals surface area contributed by atoms with E-state index in [2.05, 4.69) is 10.6 Å². The maximum absolute atomic E-state index is 11.9. The van der Waals surface area contributed by atoms with E-state index in [1.807, 2.05) is 37.3 Å². The lowest BCUT2D eigenvalue weighted by molar-refractivity contribution is 0.238. The lowest BCUT2D eigenvalue weighted by Crippen LogP contribution is -2.37. The van der Waals surface area contributed by atoms with Crippen LogP contribution in [0.5, 0.6) is 5.75 Å². The van der Waals surface area contributed by atoms with E-state index < -0.39 is 0 Å². The lowest BCUT2D eigenvalue weighted by atomic mass is 10.1. The summed E-state index contributed by atoms with van der Waals surface area (Å²) in [7, 11) is 0. The summed E-state index contributed by atoms with van der Waals surface area (Å²) in [6, 6.07) is 14.3. The number of carbonyl (C=O) groups is 1. The van der Waals surface area contributed by atoms with Crippen molar-refractivity contribution in [3.05, 3.63) is 64.7 Å². The molecule has 0 aliphatic heterocycles. The van der Waals surface area contributed by atoms with Gasteiger partial charge in [0.25, 0.3) is 0 Å². The lowest BCUT2D eigenvalue weighted by Gasteiger charge is -2.15. The Hall–Kier alpha value is -2.20. The van der Waals surface area contributed by atoms with E-state index in [1.54, 1.807) is 18.2 Å². The third kappa shape index (κ3) is 5.83. The summed E-state index contributed by atoms with van der Waals surface area (Å²) < 4.78 is 0. The van der Waals surface area contributed by atoms with Gasteiger partial charge < -0.3 is 15.7 Å². The minimum absolute atomic E-state index is 0.106. The van der Waals surface area contributed by atoms with Crippen molar-refractivity contribution >= 4 is 17.6 Å². The number of phenols is 1. The molecule has 0 spiro atoms.